The van der Waals surface area contributed by atoms with E-state index in [1.165, 1.54) is 7.11 Å². The summed E-state index contributed by atoms with van der Waals surface area (Å²) < 4.78 is 34.2. The highest BCUT2D eigenvalue weighted by atomic mass is 32.2. The van der Waals surface area contributed by atoms with E-state index in [1.807, 2.05) is 6.92 Å². The molecule has 150 valence electrons. The van der Waals surface area contributed by atoms with Gasteiger partial charge in [0.15, 0.2) is 9.84 Å². The number of oxazole rings is 1. The second-order valence-corrected chi connectivity index (χ2v) is 9.09. The number of hydrogen-bond acceptors (Lipinski definition) is 7. The Labute approximate surface area is 164 Å². The van der Waals surface area contributed by atoms with Crippen molar-refractivity contribution < 1.29 is 22.4 Å². The van der Waals surface area contributed by atoms with Gasteiger partial charge in [0, 0.05) is 24.7 Å². The first-order valence-electron chi connectivity index (χ1n) is 9.03. The van der Waals surface area contributed by atoms with Gasteiger partial charge in [-0.25, -0.2) is 18.2 Å². The number of hydrogen-bond donors (Lipinski definition) is 0. The quantitative estimate of drug-likeness (QED) is 0.517. The SMILES string of the molecule is C=CCN(Cc1nc(-c2ccc(C(=O)OC)cc2)oc1C)[C@@H]1CCS(=O)(=O)C1. The van der Waals surface area contributed by atoms with Crippen LogP contribution in [0.1, 0.15) is 28.2 Å². The molecule has 0 aliphatic carbocycles. The standard InChI is InChI=1S/C20H24N2O5S/c1-4-10-22(17-9-11-28(24,25)13-17)12-18-14(2)27-19(21-18)15-5-7-16(8-6-15)20(23)26-3/h4-8,17H,1,9-13H2,2-3H3/t17-/m1/s1. The molecule has 0 amide bonds. The number of carbonyl (C=O) groups is 1. The lowest BCUT2D eigenvalue weighted by Gasteiger charge is -2.25. The molecule has 1 aliphatic heterocycles. The summed E-state index contributed by atoms with van der Waals surface area (Å²) in [4.78, 5) is 18.2. The summed E-state index contributed by atoms with van der Waals surface area (Å²) in [6.07, 6.45) is 2.39. The highest BCUT2D eigenvalue weighted by Gasteiger charge is 2.32. The van der Waals surface area contributed by atoms with E-state index in [1.54, 1.807) is 30.3 Å². The number of rotatable bonds is 7. The van der Waals surface area contributed by atoms with E-state index in [2.05, 4.69) is 16.5 Å². The van der Waals surface area contributed by atoms with Crippen molar-refractivity contribution in [2.75, 3.05) is 25.2 Å². The number of aromatic nitrogens is 1. The van der Waals surface area contributed by atoms with Gasteiger partial charge >= 0.3 is 5.97 Å². The van der Waals surface area contributed by atoms with Gasteiger partial charge in [-0.05, 0) is 37.6 Å². The minimum absolute atomic E-state index is 0.0399. The molecule has 8 heteroatoms. The number of ether oxygens (including phenoxy) is 1. The van der Waals surface area contributed by atoms with Crippen molar-refractivity contribution in [2.24, 2.45) is 0 Å². The molecule has 1 aromatic carbocycles. The number of methoxy groups -OCH3 is 1. The predicted octanol–water partition coefficient (Wildman–Crippen LogP) is 2.61. The van der Waals surface area contributed by atoms with Crippen molar-refractivity contribution in [3.63, 3.8) is 0 Å². The van der Waals surface area contributed by atoms with Crippen LogP contribution in [-0.4, -0.2) is 55.5 Å². The summed E-state index contributed by atoms with van der Waals surface area (Å²) in [6, 6.07) is 6.79. The molecule has 0 unspecified atom stereocenters. The highest BCUT2D eigenvalue weighted by molar-refractivity contribution is 7.91. The lowest BCUT2D eigenvalue weighted by atomic mass is 10.1. The minimum atomic E-state index is -2.97. The van der Waals surface area contributed by atoms with E-state index in [4.69, 9.17) is 9.15 Å². The normalized spacial score (nSPS) is 18.3. The third-order valence-electron chi connectivity index (χ3n) is 4.89. The fraction of sp³-hybridized carbons (Fsp3) is 0.400. The zero-order valence-corrected chi connectivity index (χ0v) is 16.9. The summed E-state index contributed by atoms with van der Waals surface area (Å²) in [5.41, 5.74) is 1.97. The lowest BCUT2D eigenvalue weighted by Crippen LogP contribution is -2.36. The third kappa shape index (κ3) is 4.51. The van der Waals surface area contributed by atoms with E-state index in [-0.39, 0.29) is 17.5 Å². The first-order chi connectivity index (χ1) is 13.3. The van der Waals surface area contributed by atoms with Crippen LogP contribution in [0.4, 0.5) is 0 Å². The molecular formula is C20H24N2O5S. The van der Waals surface area contributed by atoms with Crippen molar-refractivity contribution in [3.05, 3.63) is 53.9 Å². The summed E-state index contributed by atoms with van der Waals surface area (Å²) >= 11 is 0. The van der Waals surface area contributed by atoms with Gasteiger partial charge in [0.2, 0.25) is 5.89 Å². The molecule has 0 N–H and O–H groups in total. The van der Waals surface area contributed by atoms with Gasteiger partial charge in [0.05, 0.1) is 29.9 Å². The molecule has 2 aromatic rings. The molecule has 1 saturated heterocycles. The monoisotopic (exact) mass is 404 g/mol. The highest BCUT2D eigenvalue weighted by Crippen LogP contribution is 2.25. The van der Waals surface area contributed by atoms with Crippen LogP contribution in [-0.2, 0) is 21.1 Å². The molecule has 1 atom stereocenters. The van der Waals surface area contributed by atoms with Crippen molar-refractivity contribution >= 4 is 15.8 Å². The van der Waals surface area contributed by atoms with E-state index >= 15 is 0 Å². The van der Waals surface area contributed by atoms with Gasteiger partial charge in [-0.1, -0.05) is 6.08 Å². The maximum Gasteiger partial charge on any atom is 0.337 e. The van der Waals surface area contributed by atoms with Crippen LogP contribution in [0.15, 0.2) is 41.3 Å². The first-order valence-corrected chi connectivity index (χ1v) is 10.9. The Morgan fingerprint density at radius 3 is 2.68 bits per heavy atom. The van der Waals surface area contributed by atoms with Crippen LogP contribution in [0, 0.1) is 6.92 Å². The number of aryl methyl sites for hydroxylation is 1. The summed E-state index contributed by atoms with van der Waals surface area (Å²) in [7, 11) is -1.63. The summed E-state index contributed by atoms with van der Waals surface area (Å²) in [6.45, 7) is 6.69. The predicted molar refractivity (Wildman–Crippen MR) is 106 cm³/mol. The zero-order valence-electron chi connectivity index (χ0n) is 16.1. The van der Waals surface area contributed by atoms with E-state index in [9.17, 15) is 13.2 Å². The minimum Gasteiger partial charge on any atom is -0.465 e. The van der Waals surface area contributed by atoms with Crippen LogP contribution in [0.5, 0.6) is 0 Å². The Hall–Kier alpha value is -2.45. The van der Waals surface area contributed by atoms with Crippen LogP contribution in [0.3, 0.4) is 0 Å². The lowest BCUT2D eigenvalue weighted by molar-refractivity contribution is 0.0600. The van der Waals surface area contributed by atoms with Crippen molar-refractivity contribution in [1.82, 2.24) is 9.88 Å². The number of benzene rings is 1. The van der Waals surface area contributed by atoms with Crippen molar-refractivity contribution in [2.45, 2.75) is 25.9 Å². The number of nitrogens with zero attached hydrogens (tertiary/aromatic N) is 2. The van der Waals surface area contributed by atoms with Gasteiger partial charge in [0.25, 0.3) is 0 Å². The Morgan fingerprint density at radius 1 is 1.39 bits per heavy atom. The van der Waals surface area contributed by atoms with Gasteiger partial charge < -0.3 is 9.15 Å². The largest absolute Gasteiger partial charge is 0.465 e. The van der Waals surface area contributed by atoms with E-state index in [0.29, 0.717) is 36.7 Å². The summed E-state index contributed by atoms with van der Waals surface area (Å²) in [5, 5.41) is 0. The van der Waals surface area contributed by atoms with Crippen LogP contribution in [0.2, 0.25) is 0 Å². The Morgan fingerprint density at radius 2 is 2.11 bits per heavy atom. The van der Waals surface area contributed by atoms with Gasteiger partial charge in [-0.15, -0.1) is 6.58 Å². The molecular weight excluding hydrogens is 380 g/mol. The Bertz CT molecular complexity index is 963. The molecule has 3 rings (SSSR count). The van der Waals surface area contributed by atoms with Gasteiger partial charge in [-0.2, -0.15) is 0 Å². The van der Waals surface area contributed by atoms with E-state index < -0.39 is 15.8 Å². The maximum atomic E-state index is 11.8. The zero-order chi connectivity index (χ0) is 20.3. The molecule has 1 fully saturated rings. The molecule has 28 heavy (non-hydrogen) atoms. The van der Waals surface area contributed by atoms with Gasteiger partial charge in [0.1, 0.15) is 5.76 Å². The first kappa shape index (κ1) is 20.3. The average Bonchev–Trinajstić information content (AvgIpc) is 3.23. The van der Waals surface area contributed by atoms with E-state index in [0.717, 1.165) is 11.3 Å². The topological polar surface area (TPSA) is 89.7 Å². The number of esters is 1. The molecule has 1 aliphatic rings. The number of carbonyl (C=O) groups excluding carboxylic acids is 1. The molecule has 0 radical (unpaired) electrons. The second kappa shape index (κ2) is 8.28. The number of sulfone groups is 1. The second-order valence-electron chi connectivity index (χ2n) is 6.87. The molecule has 0 bridgehead atoms. The van der Waals surface area contributed by atoms with Crippen LogP contribution < -0.4 is 0 Å². The molecule has 7 nitrogen and oxygen atoms in total. The molecule has 0 saturated carbocycles. The van der Waals surface area contributed by atoms with Crippen molar-refractivity contribution in [3.8, 4) is 11.5 Å². The van der Waals surface area contributed by atoms with Crippen LogP contribution in [0.25, 0.3) is 11.5 Å². The fourth-order valence-corrected chi connectivity index (χ4v) is 5.09. The van der Waals surface area contributed by atoms with Gasteiger partial charge in [-0.3, -0.25) is 4.90 Å². The smallest absolute Gasteiger partial charge is 0.337 e. The van der Waals surface area contributed by atoms with Crippen molar-refractivity contribution in [1.29, 1.82) is 0 Å². The Kier molecular flexibility index (Phi) is 6.00. The third-order valence-corrected chi connectivity index (χ3v) is 6.64. The van der Waals surface area contributed by atoms with Crippen LogP contribution >= 0.6 is 0 Å². The molecule has 1 aromatic heterocycles. The molecule has 2 heterocycles. The Balaban J connectivity index is 1.79. The molecule has 0 spiro atoms. The average molecular weight is 404 g/mol. The summed E-state index contributed by atoms with van der Waals surface area (Å²) in [5.74, 6) is 1.13. The fourth-order valence-electron chi connectivity index (χ4n) is 3.33. The maximum absolute atomic E-state index is 11.8.